The predicted molar refractivity (Wildman–Crippen MR) is 81.5 cm³/mol. The van der Waals surface area contributed by atoms with Crippen molar-refractivity contribution in [2.24, 2.45) is 5.84 Å². The zero-order valence-electron chi connectivity index (χ0n) is 12.6. The number of hydrogen-bond acceptors (Lipinski definition) is 7. The number of anilines is 2. The van der Waals surface area contributed by atoms with Gasteiger partial charge in [0.2, 0.25) is 0 Å². The van der Waals surface area contributed by atoms with Crippen molar-refractivity contribution in [1.82, 2.24) is 9.97 Å². The minimum absolute atomic E-state index is 0.0732. The van der Waals surface area contributed by atoms with E-state index in [-0.39, 0.29) is 11.2 Å². The minimum atomic E-state index is -3.01. The topological polar surface area (TPSA) is 101 Å². The van der Waals surface area contributed by atoms with Crippen LogP contribution in [0.25, 0.3) is 0 Å². The zero-order valence-corrected chi connectivity index (χ0v) is 13.5. The van der Waals surface area contributed by atoms with Crippen molar-refractivity contribution in [2.45, 2.75) is 26.2 Å². The van der Waals surface area contributed by atoms with E-state index in [1.165, 1.54) is 6.26 Å². The van der Waals surface area contributed by atoms with Crippen LogP contribution in [0.15, 0.2) is 6.07 Å². The fraction of sp³-hybridized carbons (Fsp3) is 0.667. The number of nitrogens with one attached hydrogen (secondary N) is 1. The molecule has 0 bridgehead atoms. The first-order chi connectivity index (χ1) is 9.03. The Labute approximate surface area is 120 Å². The fourth-order valence-corrected chi connectivity index (χ4v) is 2.06. The van der Waals surface area contributed by atoms with E-state index in [4.69, 9.17) is 5.84 Å². The predicted octanol–water partition coefficient (Wildman–Crippen LogP) is 0.541. The molecule has 0 atom stereocenters. The average molecular weight is 301 g/mol. The molecule has 114 valence electrons. The second-order valence-corrected chi connectivity index (χ2v) is 8.14. The number of sulfone groups is 1. The molecule has 0 aliphatic rings. The van der Waals surface area contributed by atoms with Gasteiger partial charge < -0.3 is 10.3 Å². The van der Waals surface area contributed by atoms with Crippen molar-refractivity contribution in [1.29, 1.82) is 0 Å². The number of rotatable bonds is 5. The summed E-state index contributed by atoms with van der Waals surface area (Å²) in [6.07, 6.45) is 1.22. The van der Waals surface area contributed by atoms with Crippen LogP contribution in [-0.4, -0.2) is 44.0 Å². The van der Waals surface area contributed by atoms with Crippen LogP contribution in [0.4, 0.5) is 11.6 Å². The molecule has 20 heavy (non-hydrogen) atoms. The number of nitrogen functional groups attached to an aromatic ring is 1. The highest BCUT2D eigenvalue weighted by molar-refractivity contribution is 7.90. The molecule has 0 fully saturated rings. The lowest BCUT2D eigenvalue weighted by Gasteiger charge is -2.22. The van der Waals surface area contributed by atoms with Gasteiger partial charge >= 0.3 is 0 Å². The summed E-state index contributed by atoms with van der Waals surface area (Å²) in [5, 5.41) is 0. The van der Waals surface area contributed by atoms with Gasteiger partial charge in [0.05, 0.1) is 5.75 Å². The van der Waals surface area contributed by atoms with Crippen molar-refractivity contribution >= 4 is 21.5 Å². The van der Waals surface area contributed by atoms with Gasteiger partial charge in [-0.1, -0.05) is 20.8 Å². The highest BCUT2D eigenvalue weighted by Crippen LogP contribution is 2.23. The summed E-state index contributed by atoms with van der Waals surface area (Å²) >= 11 is 0. The van der Waals surface area contributed by atoms with E-state index in [0.29, 0.717) is 24.0 Å². The molecule has 3 N–H and O–H groups in total. The highest BCUT2D eigenvalue weighted by atomic mass is 32.2. The van der Waals surface area contributed by atoms with Gasteiger partial charge in [-0.05, 0) is 0 Å². The summed E-state index contributed by atoms with van der Waals surface area (Å²) in [4.78, 5) is 10.6. The summed E-state index contributed by atoms with van der Waals surface area (Å²) in [7, 11) is -1.21. The largest absolute Gasteiger partial charge is 0.358 e. The van der Waals surface area contributed by atoms with E-state index in [9.17, 15) is 8.42 Å². The third kappa shape index (κ3) is 4.93. The highest BCUT2D eigenvalue weighted by Gasteiger charge is 2.20. The molecule has 1 heterocycles. The SMILES string of the molecule is CN(CCS(C)(=O)=O)c1cc(NN)nc(C(C)(C)C)n1. The van der Waals surface area contributed by atoms with Gasteiger partial charge in [-0.15, -0.1) is 0 Å². The van der Waals surface area contributed by atoms with E-state index in [2.05, 4.69) is 15.4 Å². The molecule has 1 aromatic heterocycles. The lowest BCUT2D eigenvalue weighted by Crippen LogP contribution is -2.28. The van der Waals surface area contributed by atoms with Crippen molar-refractivity contribution in [2.75, 3.05) is 35.9 Å². The van der Waals surface area contributed by atoms with E-state index < -0.39 is 9.84 Å². The Kier molecular flexibility index (Phi) is 4.93. The first-order valence-electron chi connectivity index (χ1n) is 6.28. The molecule has 0 saturated heterocycles. The molecule has 0 aliphatic heterocycles. The van der Waals surface area contributed by atoms with Gasteiger partial charge in [0, 0.05) is 31.3 Å². The number of aromatic nitrogens is 2. The van der Waals surface area contributed by atoms with Crippen LogP contribution >= 0.6 is 0 Å². The molecule has 8 heteroatoms. The molecule has 0 radical (unpaired) electrons. The molecule has 0 aromatic carbocycles. The minimum Gasteiger partial charge on any atom is -0.358 e. The number of nitrogens with zero attached hydrogens (tertiary/aromatic N) is 3. The lowest BCUT2D eigenvalue weighted by atomic mass is 9.96. The molecule has 0 aliphatic carbocycles. The Morgan fingerprint density at radius 2 is 1.95 bits per heavy atom. The Balaban J connectivity index is 3.05. The van der Waals surface area contributed by atoms with Crippen molar-refractivity contribution in [3.8, 4) is 0 Å². The maximum absolute atomic E-state index is 11.2. The van der Waals surface area contributed by atoms with Crippen molar-refractivity contribution in [3.05, 3.63) is 11.9 Å². The third-order valence-electron chi connectivity index (χ3n) is 2.72. The number of hydrazine groups is 1. The molecular weight excluding hydrogens is 278 g/mol. The smallest absolute Gasteiger partial charge is 0.149 e. The maximum atomic E-state index is 11.2. The van der Waals surface area contributed by atoms with Crippen molar-refractivity contribution in [3.63, 3.8) is 0 Å². The summed E-state index contributed by atoms with van der Waals surface area (Å²) in [6.45, 7) is 6.37. The molecule has 0 spiro atoms. The second-order valence-electron chi connectivity index (χ2n) is 5.88. The van der Waals surface area contributed by atoms with Gasteiger partial charge in [0.1, 0.15) is 27.3 Å². The molecular formula is C12H23N5O2S. The monoisotopic (exact) mass is 301 g/mol. The first-order valence-corrected chi connectivity index (χ1v) is 8.34. The molecule has 0 amide bonds. The van der Waals surface area contributed by atoms with Crippen LogP contribution in [0.5, 0.6) is 0 Å². The maximum Gasteiger partial charge on any atom is 0.149 e. The number of hydrogen-bond donors (Lipinski definition) is 2. The van der Waals surface area contributed by atoms with E-state index in [1.807, 2.05) is 20.8 Å². The zero-order chi connectivity index (χ0) is 15.6. The standard InChI is InChI=1S/C12H23N5O2S/c1-12(2,3)11-14-9(16-13)8-10(15-11)17(4)6-7-20(5,18)19/h8H,6-7,13H2,1-5H3,(H,14,15,16). The average Bonchev–Trinajstić information content (AvgIpc) is 2.33. The summed E-state index contributed by atoms with van der Waals surface area (Å²) in [5.41, 5.74) is 2.29. The molecule has 0 unspecified atom stereocenters. The Bertz CT molecular complexity index is 566. The summed E-state index contributed by atoms with van der Waals surface area (Å²) < 4.78 is 22.4. The number of nitrogens with two attached hydrogens (primary N) is 1. The van der Waals surface area contributed by atoms with E-state index in [0.717, 1.165) is 0 Å². The summed E-state index contributed by atoms with van der Waals surface area (Å²) in [5.74, 6) is 7.29. The van der Waals surface area contributed by atoms with Gasteiger partial charge in [-0.25, -0.2) is 24.2 Å². The lowest BCUT2D eigenvalue weighted by molar-refractivity contribution is 0.545. The molecule has 0 saturated carbocycles. The molecule has 7 nitrogen and oxygen atoms in total. The van der Waals surface area contributed by atoms with E-state index >= 15 is 0 Å². The molecule has 1 rings (SSSR count). The van der Waals surface area contributed by atoms with Gasteiger partial charge in [0.25, 0.3) is 0 Å². The first kappa shape index (κ1) is 16.6. The summed E-state index contributed by atoms with van der Waals surface area (Å²) in [6, 6.07) is 1.69. The Morgan fingerprint density at radius 1 is 1.35 bits per heavy atom. The third-order valence-corrected chi connectivity index (χ3v) is 3.64. The van der Waals surface area contributed by atoms with Crippen LogP contribution in [0.3, 0.4) is 0 Å². The van der Waals surface area contributed by atoms with Gasteiger partial charge in [0.15, 0.2) is 0 Å². The quantitative estimate of drug-likeness (QED) is 0.604. The van der Waals surface area contributed by atoms with Crippen LogP contribution in [0.2, 0.25) is 0 Å². The van der Waals surface area contributed by atoms with Gasteiger partial charge in [-0.2, -0.15) is 0 Å². The second kappa shape index (κ2) is 5.92. The van der Waals surface area contributed by atoms with Crippen LogP contribution in [-0.2, 0) is 15.3 Å². The Hall–Kier alpha value is -1.41. The van der Waals surface area contributed by atoms with Crippen molar-refractivity contribution < 1.29 is 8.42 Å². The van der Waals surface area contributed by atoms with Crippen LogP contribution in [0.1, 0.15) is 26.6 Å². The van der Waals surface area contributed by atoms with E-state index in [1.54, 1.807) is 18.0 Å². The normalized spacial score (nSPS) is 12.3. The van der Waals surface area contributed by atoms with Crippen LogP contribution in [0, 0.1) is 0 Å². The van der Waals surface area contributed by atoms with Crippen LogP contribution < -0.4 is 16.2 Å². The Morgan fingerprint density at radius 3 is 2.40 bits per heavy atom. The van der Waals surface area contributed by atoms with Gasteiger partial charge in [-0.3, -0.25) is 0 Å². The fourth-order valence-electron chi connectivity index (χ4n) is 1.46. The molecule has 1 aromatic rings.